The lowest BCUT2D eigenvalue weighted by Crippen LogP contribution is -2.32. The monoisotopic (exact) mass is 280 g/mol. The van der Waals surface area contributed by atoms with Gasteiger partial charge in [-0.05, 0) is 24.5 Å². The van der Waals surface area contributed by atoms with Crippen LogP contribution < -0.4 is 10.2 Å². The average molecular weight is 280 g/mol. The van der Waals surface area contributed by atoms with E-state index in [4.69, 9.17) is 5.11 Å². The van der Waals surface area contributed by atoms with Gasteiger partial charge < -0.3 is 10.4 Å². The van der Waals surface area contributed by atoms with Crippen molar-refractivity contribution in [2.24, 2.45) is 0 Å². The number of imide groups is 1. The van der Waals surface area contributed by atoms with E-state index in [2.05, 4.69) is 5.32 Å². The van der Waals surface area contributed by atoms with E-state index in [-0.39, 0.29) is 0 Å². The number of nitrogens with one attached hydrogen (secondary N) is 1. The summed E-state index contributed by atoms with van der Waals surface area (Å²) in [5, 5.41) is 11.1. The van der Waals surface area contributed by atoms with Crippen molar-refractivity contribution in [3.8, 4) is 0 Å². The molecule has 7 heteroatoms. The zero-order valence-corrected chi connectivity index (χ0v) is 10.9. The van der Waals surface area contributed by atoms with Crippen molar-refractivity contribution in [1.82, 2.24) is 5.32 Å². The third kappa shape index (κ3) is 2.70. The minimum absolute atomic E-state index is 0.413. The normalized spacial score (nSPS) is 18.6. The van der Waals surface area contributed by atoms with Gasteiger partial charge in [-0.25, -0.2) is 9.69 Å². The van der Waals surface area contributed by atoms with Crippen molar-refractivity contribution in [2.45, 2.75) is 17.4 Å². The number of carboxylic acids is 1. The van der Waals surface area contributed by atoms with Crippen molar-refractivity contribution >= 4 is 35.4 Å². The molecule has 0 spiro atoms. The number of thioether (sulfide) groups is 1. The summed E-state index contributed by atoms with van der Waals surface area (Å²) < 4.78 is 0. The first kappa shape index (κ1) is 13.4. The summed E-state index contributed by atoms with van der Waals surface area (Å²) in [6.45, 7) is 0. The SMILES string of the molecule is CSc1cccc(N2C(=O)N[C@@H](CC(=O)O)C2=O)c1. The van der Waals surface area contributed by atoms with Gasteiger partial charge in [0.2, 0.25) is 0 Å². The molecule has 0 bridgehead atoms. The first-order chi connectivity index (χ1) is 9.02. The molecule has 1 atom stereocenters. The predicted octanol–water partition coefficient (Wildman–Crippen LogP) is 1.31. The van der Waals surface area contributed by atoms with Crippen molar-refractivity contribution in [1.29, 1.82) is 0 Å². The molecule has 0 unspecified atom stereocenters. The summed E-state index contributed by atoms with van der Waals surface area (Å²) in [5.74, 6) is -1.66. The number of urea groups is 1. The smallest absolute Gasteiger partial charge is 0.329 e. The number of aliphatic carboxylic acids is 1. The van der Waals surface area contributed by atoms with Gasteiger partial charge in [0, 0.05) is 4.90 Å². The molecule has 0 radical (unpaired) electrons. The third-order valence-electron chi connectivity index (χ3n) is 2.71. The van der Waals surface area contributed by atoms with Crippen molar-refractivity contribution < 1.29 is 19.5 Å². The van der Waals surface area contributed by atoms with Crippen LogP contribution in [0.5, 0.6) is 0 Å². The Labute approximate surface area is 113 Å². The zero-order chi connectivity index (χ0) is 14.0. The Bertz CT molecular complexity index is 546. The van der Waals surface area contributed by atoms with Gasteiger partial charge in [-0.2, -0.15) is 0 Å². The molecule has 3 amide bonds. The summed E-state index contributed by atoms with van der Waals surface area (Å²) in [6, 6.07) is 5.37. The lowest BCUT2D eigenvalue weighted by atomic mass is 10.2. The molecule has 1 aliphatic rings. The third-order valence-corrected chi connectivity index (χ3v) is 3.43. The molecule has 1 aliphatic heterocycles. The summed E-state index contributed by atoms with van der Waals surface area (Å²) in [6.07, 6.45) is 1.47. The summed E-state index contributed by atoms with van der Waals surface area (Å²) in [7, 11) is 0. The molecule has 0 saturated carbocycles. The van der Waals surface area contributed by atoms with Crippen LogP contribution in [0.4, 0.5) is 10.5 Å². The highest BCUT2D eigenvalue weighted by Gasteiger charge is 2.40. The van der Waals surface area contributed by atoms with E-state index < -0.39 is 30.4 Å². The maximum Gasteiger partial charge on any atom is 0.329 e. The first-order valence-corrected chi connectivity index (χ1v) is 6.75. The highest BCUT2D eigenvalue weighted by Crippen LogP contribution is 2.25. The standard InChI is InChI=1S/C12H12N2O4S/c1-19-8-4-2-3-7(5-8)14-11(17)9(6-10(15)16)13-12(14)18/h2-5,9H,6H2,1H3,(H,13,18)(H,15,16)/t9-/m0/s1. The minimum atomic E-state index is -1.13. The summed E-state index contributed by atoms with van der Waals surface area (Å²) in [5.41, 5.74) is 0.447. The molecular formula is C12H12N2O4S. The number of carboxylic acid groups (broad SMARTS) is 1. The molecule has 0 aliphatic carbocycles. The van der Waals surface area contributed by atoms with Gasteiger partial charge >= 0.3 is 12.0 Å². The van der Waals surface area contributed by atoms with E-state index in [0.29, 0.717) is 5.69 Å². The number of anilines is 1. The molecule has 100 valence electrons. The zero-order valence-electron chi connectivity index (χ0n) is 10.1. The summed E-state index contributed by atoms with van der Waals surface area (Å²) >= 11 is 1.49. The molecule has 1 fully saturated rings. The van der Waals surface area contributed by atoms with E-state index in [1.807, 2.05) is 12.3 Å². The molecule has 6 nitrogen and oxygen atoms in total. The predicted molar refractivity (Wildman–Crippen MR) is 70.3 cm³/mol. The van der Waals surface area contributed by atoms with E-state index in [1.165, 1.54) is 11.8 Å². The van der Waals surface area contributed by atoms with Crippen LogP contribution in [-0.4, -0.2) is 35.3 Å². The van der Waals surface area contributed by atoms with Crippen molar-refractivity contribution in [3.63, 3.8) is 0 Å². The molecule has 0 aromatic heterocycles. The van der Waals surface area contributed by atoms with Crippen LogP contribution in [-0.2, 0) is 9.59 Å². The second-order valence-corrected chi connectivity index (χ2v) is 4.85. The number of nitrogens with zero attached hydrogens (tertiary/aromatic N) is 1. The van der Waals surface area contributed by atoms with Crippen LogP contribution in [0, 0.1) is 0 Å². The Morgan fingerprint density at radius 3 is 2.84 bits per heavy atom. The van der Waals surface area contributed by atoms with Crippen LogP contribution in [0.15, 0.2) is 29.2 Å². The first-order valence-electron chi connectivity index (χ1n) is 5.53. The van der Waals surface area contributed by atoms with Crippen LogP contribution in [0.2, 0.25) is 0 Å². The minimum Gasteiger partial charge on any atom is -0.481 e. The number of amides is 3. The Balaban J connectivity index is 2.26. The van der Waals surface area contributed by atoms with Gasteiger partial charge in [0.05, 0.1) is 12.1 Å². The second kappa shape index (κ2) is 5.31. The number of carbonyl (C=O) groups is 3. The van der Waals surface area contributed by atoms with E-state index in [9.17, 15) is 14.4 Å². The summed E-state index contributed by atoms with van der Waals surface area (Å²) in [4.78, 5) is 36.3. The van der Waals surface area contributed by atoms with Gasteiger partial charge in [0.25, 0.3) is 5.91 Å². The number of hydrogen-bond acceptors (Lipinski definition) is 4. The average Bonchev–Trinajstić information content (AvgIpc) is 2.64. The van der Waals surface area contributed by atoms with Crippen LogP contribution in [0.25, 0.3) is 0 Å². The lowest BCUT2D eigenvalue weighted by molar-refractivity contribution is -0.139. The van der Waals surface area contributed by atoms with Crippen LogP contribution in [0.1, 0.15) is 6.42 Å². The highest BCUT2D eigenvalue weighted by atomic mass is 32.2. The van der Waals surface area contributed by atoms with E-state index >= 15 is 0 Å². The Morgan fingerprint density at radius 2 is 2.21 bits per heavy atom. The molecular weight excluding hydrogens is 268 g/mol. The number of hydrogen-bond donors (Lipinski definition) is 2. The molecule has 2 N–H and O–H groups in total. The quantitative estimate of drug-likeness (QED) is 0.641. The van der Waals surface area contributed by atoms with Gasteiger partial charge in [0.1, 0.15) is 6.04 Å². The van der Waals surface area contributed by atoms with Crippen LogP contribution >= 0.6 is 11.8 Å². The topological polar surface area (TPSA) is 86.7 Å². The second-order valence-electron chi connectivity index (χ2n) is 3.98. The molecule has 1 heterocycles. The molecule has 19 heavy (non-hydrogen) atoms. The fraction of sp³-hybridized carbons (Fsp3) is 0.250. The van der Waals surface area contributed by atoms with Crippen molar-refractivity contribution in [2.75, 3.05) is 11.2 Å². The number of rotatable bonds is 4. The Hall–Kier alpha value is -2.02. The van der Waals surface area contributed by atoms with Gasteiger partial charge in [-0.3, -0.25) is 9.59 Å². The van der Waals surface area contributed by atoms with Crippen LogP contribution in [0.3, 0.4) is 0 Å². The van der Waals surface area contributed by atoms with Gasteiger partial charge in [-0.1, -0.05) is 6.07 Å². The molecule has 1 aromatic carbocycles. The van der Waals surface area contributed by atoms with E-state index in [1.54, 1.807) is 18.2 Å². The van der Waals surface area contributed by atoms with E-state index in [0.717, 1.165) is 9.80 Å². The maximum atomic E-state index is 12.0. The maximum absolute atomic E-state index is 12.0. The molecule has 2 rings (SSSR count). The Kier molecular flexibility index (Phi) is 3.75. The number of carbonyl (C=O) groups excluding carboxylic acids is 2. The number of benzene rings is 1. The Morgan fingerprint density at radius 1 is 1.47 bits per heavy atom. The molecule has 1 saturated heterocycles. The van der Waals surface area contributed by atoms with Gasteiger partial charge in [0.15, 0.2) is 0 Å². The lowest BCUT2D eigenvalue weighted by Gasteiger charge is -2.13. The molecule has 1 aromatic rings. The fourth-order valence-corrected chi connectivity index (χ4v) is 2.29. The van der Waals surface area contributed by atoms with Gasteiger partial charge in [-0.15, -0.1) is 11.8 Å². The fourth-order valence-electron chi connectivity index (χ4n) is 1.84. The van der Waals surface area contributed by atoms with Crippen molar-refractivity contribution in [3.05, 3.63) is 24.3 Å². The largest absolute Gasteiger partial charge is 0.481 e. The highest BCUT2D eigenvalue weighted by molar-refractivity contribution is 7.98.